The van der Waals surface area contributed by atoms with E-state index in [2.05, 4.69) is 15.7 Å². The molecule has 0 atom stereocenters. The molecule has 1 aliphatic rings. The summed E-state index contributed by atoms with van der Waals surface area (Å²) in [6, 6.07) is 19.9. The minimum atomic E-state index is -0.401. The Morgan fingerprint density at radius 2 is 1.79 bits per heavy atom. The zero-order valence-corrected chi connectivity index (χ0v) is 21.7. The minimum absolute atomic E-state index is 0.141. The summed E-state index contributed by atoms with van der Waals surface area (Å²) in [4.78, 5) is 26.4. The molecule has 1 saturated carbocycles. The van der Waals surface area contributed by atoms with E-state index in [0.717, 1.165) is 24.0 Å². The van der Waals surface area contributed by atoms with E-state index >= 15 is 0 Å². The molecule has 8 heteroatoms. The molecule has 38 heavy (non-hydrogen) atoms. The van der Waals surface area contributed by atoms with Gasteiger partial charge in [-0.25, -0.2) is 0 Å². The number of aryl methyl sites for hydroxylation is 1. The first-order valence-corrected chi connectivity index (χ1v) is 12.6. The Labute approximate surface area is 221 Å². The number of nitrogens with one attached hydrogen (secondary N) is 2. The van der Waals surface area contributed by atoms with Gasteiger partial charge in [-0.2, -0.15) is 9.78 Å². The highest BCUT2D eigenvalue weighted by Gasteiger charge is 2.22. The van der Waals surface area contributed by atoms with Gasteiger partial charge in [-0.1, -0.05) is 18.2 Å². The maximum Gasteiger partial charge on any atom is 0.299 e. The summed E-state index contributed by atoms with van der Waals surface area (Å²) in [5, 5.41) is 10.6. The molecule has 1 aromatic heterocycles. The number of carbonyl (C=O) groups is 1. The Morgan fingerprint density at radius 3 is 2.53 bits per heavy atom. The first-order chi connectivity index (χ1) is 18.4. The molecule has 0 aliphatic heterocycles. The second kappa shape index (κ2) is 10.8. The van der Waals surface area contributed by atoms with Crippen molar-refractivity contribution < 1.29 is 14.3 Å². The molecular formula is C30H30N4O4. The fourth-order valence-electron chi connectivity index (χ4n) is 4.04. The Bertz CT molecular complexity index is 1520. The van der Waals surface area contributed by atoms with Crippen LogP contribution in [0, 0.1) is 19.8 Å². The molecule has 1 fully saturated rings. The van der Waals surface area contributed by atoms with Crippen LogP contribution in [-0.2, 0) is 0 Å². The third-order valence-corrected chi connectivity index (χ3v) is 6.68. The van der Waals surface area contributed by atoms with Gasteiger partial charge in [0.05, 0.1) is 19.0 Å². The summed E-state index contributed by atoms with van der Waals surface area (Å²) < 4.78 is 12.7. The van der Waals surface area contributed by atoms with Crippen molar-refractivity contribution >= 4 is 17.3 Å². The van der Waals surface area contributed by atoms with Crippen LogP contribution in [0.4, 0.5) is 11.4 Å². The minimum Gasteiger partial charge on any atom is -0.497 e. The van der Waals surface area contributed by atoms with Gasteiger partial charge in [0.15, 0.2) is 11.4 Å². The fourth-order valence-corrected chi connectivity index (χ4v) is 4.04. The zero-order valence-electron chi connectivity index (χ0n) is 21.7. The second-order valence-corrected chi connectivity index (χ2v) is 9.46. The summed E-state index contributed by atoms with van der Waals surface area (Å²) in [6.45, 7) is 4.65. The van der Waals surface area contributed by atoms with Crippen molar-refractivity contribution in [2.24, 2.45) is 5.92 Å². The van der Waals surface area contributed by atoms with Gasteiger partial charge in [0.25, 0.3) is 11.5 Å². The lowest BCUT2D eigenvalue weighted by atomic mass is 10.1. The highest BCUT2D eigenvalue weighted by atomic mass is 16.5. The summed E-state index contributed by atoms with van der Waals surface area (Å²) in [5.41, 5.74) is 3.50. The van der Waals surface area contributed by atoms with Gasteiger partial charge < -0.3 is 20.1 Å². The molecule has 5 rings (SSSR count). The van der Waals surface area contributed by atoms with E-state index in [1.54, 1.807) is 55.6 Å². The van der Waals surface area contributed by atoms with Gasteiger partial charge in [-0.15, -0.1) is 0 Å². The fraction of sp³-hybridized carbons (Fsp3) is 0.233. The smallest absolute Gasteiger partial charge is 0.299 e. The van der Waals surface area contributed by atoms with Crippen LogP contribution in [0.2, 0.25) is 0 Å². The molecule has 1 amide bonds. The molecule has 1 aliphatic carbocycles. The lowest BCUT2D eigenvalue weighted by Crippen LogP contribution is -2.26. The predicted molar refractivity (Wildman–Crippen MR) is 147 cm³/mol. The molecule has 4 aromatic rings. The zero-order chi connectivity index (χ0) is 26.6. The molecule has 0 unspecified atom stereocenters. The van der Waals surface area contributed by atoms with Crippen LogP contribution in [-0.4, -0.2) is 29.3 Å². The molecule has 0 radical (unpaired) electrons. The number of benzene rings is 3. The van der Waals surface area contributed by atoms with E-state index in [-0.39, 0.29) is 17.3 Å². The summed E-state index contributed by atoms with van der Waals surface area (Å²) >= 11 is 0. The van der Waals surface area contributed by atoms with Gasteiger partial charge in [0, 0.05) is 17.8 Å². The summed E-state index contributed by atoms with van der Waals surface area (Å²) in [5.74, 6) is 2.02. The van der Waals surface area contributed by atoms with Crippen LogP contribution in [0.15, 0.2) is 77.7 Å². The number of hydrogen-bond acceptors (Lipinski definition) is 6. The third-order valence-electron chi connectivity index (χ3n) is 6.68. The van der Waals surface area contributed by atoms with Gasteiger partial charge in [-0.3, -0.25) is 9.59 Å². The average Bonchev–Trinajstić information content (AvgIpc) is 3.77. The van der Waals surface area contributed by atoms with Crippen LogP contribution in [0.1, 0.15) is 34.3 Å². The van der Waals surface area contributed by atoms with Crippen molar-refractivity contribution in [2.75, 3.05) is 19.0 Å². The number of aromatic nitrogens is 2. The van der Waals surface area contributed by atoms with Gasteiger partial charge in [0.1, 0.15) is 11.5 Å². The Kier molecular flexibility index (Phi) is 7.13. The van der Waals surface area contributed by atoms with E-state index < -0.39 is 5.56 Å². The molecule has 0 saturated heterocycles. The van der Waals surface area contributed by atoms with Crippen molar-refractivity contribution in [3.63, 3.8) is 0 Å². The van der Waals surface area contributed by atoms with Crippen LogP contribution in [0.3, 0.4) is 0 Å². The average molecular weight is 511 g/mol. The molecule has 2 N–H and O–H groups in total. The second-order valence-electron chi connectivity index (χ2n) is 9.46. The number of hydrogen-bond donors (Lipinski definition) is 2. The molecule has 0 bridgehead atoms. The molecule has 194 valence electrons. The number of anilines is 2. The number of amides is 1. The Morgan fingerprint density at radius 1 is 1.03 bits per heavy atom. The van der Waals surface area contributed by atoms with E-state index in [0.29, 0.717) is 40.9 Å². The quantitative estimate of drug-likeness (QED) is 0.307. The SMILES string of the molecule is COc1ccc(-n2ncc(Oc3cccc(C)c3C)c(Nc3cccc(C(=O)NCC4CC4)c3)c2=O)cc1. The Balaban J connectivity index is 1.52. The van der Waals surface area contributed by atoms with E-state index in [1.165, 1.54) is 10.9 Å². The van der Waals surface area contributed by atoms with Crippen LogP contribution < -0.4 is 25.7 Å². The van der Waals surface area contributed by atoms with Crippen LogP contribution >= 0.6 is 0 Å². The monoisotopic (exact) mass is 510 g/mol. The van der Waals surface area contributed by atoms with Gasteiger partial charge in [-0.05, 0) is 92.3 Å². The molecule has 8 nitrogen and oxygen atoms in total. The molecule has 3 aromatic carbocycles. The van der Waals surface area contributed by atoms with Crippen molar-refractivity contribution in [3.05, 3.63) is 100.0 Å². The molecule has 1 heterocycles. The number of ether oxygens (including phenoxy) is 2. The first-order valence-electron chi connectivity index (χ1n) is 12.6. The van der Waals surface area contributed by atoms with Crippen molar-refractivity contribution in [1.82, 2.24) is 15.1 Å². The number of methoxy groups -OCH3 is 1. The predicted octanol–water partition coefficient (Wildman–Crippen LogP) is 5.53. The van der Waals surface area contributed by atoms with E-state index in [4.69, 9.17) is 9.47 Å². The normalized spacial score (nSPS) is 12.6. The third kappa shape index (κ3) is 5.54. The standard InChI is InChI=1S/C30H30N4O4/c1-19-6-4-9-26(20(19)2)38-27-18-32-34(24-12-14-25(37-3)15-13-24)30(36)28(27)33-23-8-5-7-22(16-23)29(35)31-17-21-10-11-21/h4-9,12-16,18,21,33H,10-11,17H2,1-3H3,(H,31,35). The lowest BCUT2D eigenvalue weighted by molar-refractivity contribution is 0.0952. The largest absolute Gasteiger partial charge is 0.497 e. The van der Waals surface area contributed by atoms with Crippen molar-refractivity contribution in [3.8, 4) is 22.9 Å². The highest BCUT2D eigenvalue weighted by Crippen LogP contribution is 2.32. The maximum atomic E-state index is 13.7. The number of nitrogens with zero attached hydrogens (tertiary/aromatic N) is 2. The van der Waals surface area contributed by atoms with E-state index in [9.17, 15) is 9.59 Å². The van der Waals surface area contributed by atoms with Gasteiger partial charge in [0.2, 0.25) is 0 Å². The first kappa shape index (κ1) is 25.1. The number of rotatable bonds is 9. The summed E-state index contributed by atoms with van der Waals surface area (Å²) in [6.07, 6.45) is 3.84. The van der Waals surface area contributed by atoms with E-state index in [1.807, 2.05) is 32.0 Å². The van der Waals surface area contributed by atoms with Gasteiger partial charge >= 0.3 is 0 Å². The molecular weight excluding hydrogens is 480 g/mol. The lowest BCUT2D eigenvalue weighted by Gasteiger charge is -2.16. The number of carbonyl (C=O) groups excluding carboxylic acids is 1. The van der Waals surface area contributed by atoms with Crippen molar-refractivity contribution in [1.29, 1.82) is 0 Å². The van der Waals surface area contributed by atoms with Crippen molar-refractivity contribution in [2.45, 2.75) is 26.7 Å². The maximum absolute atomic E-state index is 13.7. The van der Waals surface area contributed by atoms with Crippen LogP contribution in [0.5, 0.6) is 17.2 Å². The highest BCUT2D eigenvalue weighted by molar-refractivity contribution is 5.95. The topological polar surface area (TPSA) is 94.5 Å². The summed E-state index contributed by atoms with van der Waals surface area (Å²) in [7, 11) is 1.58. The Hall–Kier alpha value is -4.59. The van der Waals surface area contributed by atoms with Crippen LogP contribution in [0.25, 0.3) is 5.69 Å². The molecule has 0 spiro atoms.